The normalized spacial score (nSPS) is 32.3. The van der Waals surface area contributed by atoms with Gasteiger partial charge in [-0.25, -0.2) is 0 Å². The predicted octanol–water partition coefficient (Wildman–Crippen LogP) is 4.11. The van der Waals surface area contributed by atoms with Crippen molar-refractivity contribution in [3.8, 4) is 11.5 Å². The summed E-state index contributed by atoms with van der Waals surface area (Å²) in [4.78, 5) is 2.64. The van der Waals surface area contributed by atoms with Crippen molar-refractivity contribution in [3.63, 3.8) is 0 Å². The van der Waals surface area contributed by atoms with Crippen LogP contribution in [0.1, 0.15) is 58.6 Å². The van der Waals surface area contributed by atoms with Gasteiger partial charge in [0.2, 0.25) is 0 Å². The highest BCUT2D eigenvalue weighted by molar-refractivity contribution is 5.44. The minimum atomic E-state index is -0.186. The van der Waals surface area contributed by atoms with E-state index in [1.807, 2.05) is 6.07 Å². The number of nitrogens with zero attached hydrogens (tertiary/aromatic N) is 1. The Morgan fingerprint density at radius 2 is 2.05 bits per heavy atom. The van der Waals surface area contributed by atoms with Gasteiger partial charge in [-0.2, -0.15) is 0 Å². The highest BCUT2D eigenvalue weighted by Crippen LogP contribution is 2.45. The molecule has 0 aromatic heterocycles. The van der Waals surface area contributed by atoms with Crippen molar-refractivity contribution in [1.29, 1.82) is 0 Å². The maximum atomic E-state index is 9.75. The van der Waals surface area contributed by atoms with Crippen LogP contribution in [0.15, 0.2) is 18.2 Å². The second-order valence-electron chi connectivity index (χ2n) is 7.52. The summed E-state index contributed by atoms with van der Waals surface area (Å²) >= 11 is 0. The number of hydrogen-bond acceptors (Lipinski definition) is 3. The first kappa shape index (κ1) is 14.7. The molecule has 2 aliphatic heterocycles. The van der Waals surface area contributed by atoms with Gasteiger partial charge in [-0.05, 0) is 52.1 Å². The lowest BCUT2D eigenvalue weighted by atomic mass is 9.84. The van der Waals surface area contributed by atoms with Crippen molar-refractivity contribution in [2.45, 2.75) is 64.6 Å². The Labute approximate surface area is 127 Å². The number of rotatable bonds is 1. The summed E-state index contributed by atoms with van der Waals surface area (Å²) in [6, 6.07) is 6.58. The molecule has 0 aliphatic carbocycles. The van der Waals surface area contributed by atoms with Crippen molar-refractivity contribution < 1.29 is 9.84 Å². The fraction of sp³-hybridized carbons (Fsp3) is 0.667. The summed E-state index contributed by atoms with van der Waals surface area (Å²) in [6.45, 7) is 10.1. The van der Waals surface area contributed by atoms with Crippen LogP contribution in [-0.4, -0.2) is 28.2 Å². The molecular formula is C18H27NO2. The second kappa shape index (κ2) is 5.20. The van der Waals surface area contributed by atoms with Gasteiger partial charge in [-0.1, -0.05) is 13.0 Å². The number of hydrogen-bond donors (Lipinski definition) is 1. The molecule has 0 amide bonds. The summed E-state index contributed by atoms with van der Waals surface area (Å²) < 4.78 is 6.09. The number of phenolic OH excluding ortho intramolecular Hbond substituents is 1. The number of aromatic hydroxyl groups is 1. The first-order chi connectivity index (χ1) is 9.85. The average molecular weight is 289 g/mol. The first-order valence-corrected chi connectivity index (χ1v) is 8.13. The molecule has 1 aromatic rings. The van der Waals surface area contributed by atoms with Crippen LogP contribution in [0.5, 0.6) is 11.5 Å². The molecule has 116 valence electrons. The van der Waals surface area contributed by atoms with E-state index >= 15 is 0 Å². The molecule has 21 heavy (non-hydrogen) atoms. The maximum Gasteiger partial charge on any atom is 0.128 e. The lowest BCUT2D eigenvalue weighted by Crippen LogP contribution is -2.47. The van der Waals surface area contributed by atoms with E-state index in [2.05, 4.69) is 32.6 Å². The first-order valence-electron chi connectivity index (χ1n) is 8.13. The van der Waals surface area contributed by atoms with Crippen LogP contribution in [0.2, 0.25) is 0 Å². The second-order valence-corrected chi connectivity index (χ2v) is 7.52. The van der Waals surface area contributed by atoms with E-state index in [1.54, 1.807) is 12.1 Å². The van der Waals surface area contributed by atoms with Gasteiger partial charge in [0.15, 0.2) is 0 Å². The number of ether oxygens (including phenoxy) is 1. The van der Waals surface area contributed by atoms with E-state index in [0.717, 1.165) is 24.6 Å². The van der Waals surface area contributed by atoms with Gasteiger partial charge in [-0.15, -0.1) is 0 Å². The van der Waals surface area contributed by atoms with Gasteiger partial charge in [-0.3, -0.25) is 4.90 Å². The van der Waals surface area contributed by atoms with Gasteiger partial charge >= 0.3 is 0 Å². The lowest BCUT2D eigenvalue weighted by molar-refractivity contribution is -0.0000678. The zero-order chi connectivity index (χ0) is 15.2. The van der Waals surface area contributed by atoms with Crippen molar-refractivity contribution >= 4 is 0 Å². The number of fused-ring (bicyclic) bond motifs is 1. The van der Waals surface area contributed by atoms with Crippen molar-refractivity contribution in [1.82, 2.24) is 4.90 Å². The molecule has 3 unspecified atom stereocenters. The largest absolute Gasteiger partial charge is 0.508 e. The Balaban J connectivity index is 1.95. The van der Waals surface area contributed by atoms with Crippen LogP contribution in [0.4, 0.5) is 0 Å². The smallest absolute Gasteiger partial charge is 0.128 e. The predicted molar refractivity (Wildman–Crippen MR) is 84.7 cm³/mol. The Morgan fingerprint density at radius 3 is 2.76 bits per heavy atom. The molecule has 3 rings (SSSR count). The quantitative estimate of drug-likeness (QED) is 0.844. The zero-order valence-electron chi connectivity index (χ0n) is 13.6. The molecule has 0 saturated carbocycles. The third-order valence-corrected chi connectivity index (χ3v) is 5.02. The zero-order valence-corrected chi connectivity index (χ0v) is 13.6. The molecule has 0 spiro atoms. The molecule has 1 fully saturated rings. The van der Waals surface area contributed by atoms with E-state index in [0.29, 0.717) is 12.1 Å². The van der Waals surface area contributed by atoms with E-state index in [-0.39, 0.29) is 11.4 Å². The Kier molecular flexibility index (Phi) is 3.64. The fourth-order valence-electron chi connectivity index (χ4n) is 3.99. The van der Waals surface area contributed by atoms with Crippen molar-refractivity contribution in [2.75, 3.05) is 6.54 Å². The summed E-state index contributed by atoms with van der Waals surface area (Å²) in [7, 11) is 0. The molecule has 2 aliphatic rings. The number of likely N-dealkylation sites (tertiary alicyclic amines) is 1. The molecule has 3 heteroatoms. The third kappa shape index (κ3) is 2.89. The fourth-order valence-corrected chi connectivity index (χ4v) is 3.99. The third-order valence-electron chi connectivity index (χ3n) is 5.02. The van der Waals surface area contributed by atoms with Crippen LogP contribution in [0.3, 0.4) is 0 Å². The van der Waals surface area contributed by atoms with Gasteiger partial charge in [0.05, 0.1) is 0 Å². The Bertz CT molecular complexity index is 526. The van der Waals surface area contributed by atoms with Crippen LogP contribution in [0.25, 0.3) is 0 Å². The summed E-state index contributed by atoms with van der Waals surface area (Å²) in [5.41, 5.74) is 1.04. The standard InChI is InChI=1S/C18H27NO2/c1-12-7-8-19(13(2)9-12)16-11-18(3,4)21-17-10-14(20)5-6-15(16)17/h5-6,10,12-13,16,20H,7-9,11H2,1-4H3. The maximum absolute atomic E-state index is 9.75. The number of piperidine rings is 1. The molecule has 0 radical (unpaired) electrons. The highest BCUT2D eigenvalue weighted by atomic mass is 16.5. The SMILES string of the molecule is CC1CCN(C2CC(C)(C)Oc3cc(O)ccc32)C(C)C1. The summed E-state index contributed by atoms with van der Waals surface area (Å²) in [5.74, 6) is 1.95. The summed E-state index contributed by atoms with van der Waals surface area (Å²) in [5, 5.41) is 9.75. The van der Waals surface area contributed by atoms with Gasteiger partial charge in [0.25, 0.3) is 0 Å². The van der Waals surface area contributed by atoms with Gasteiger partial charge < -0.3 is 9.84 Å². The highest BCUT2D eigenvalue weighted by Gasteiger charge is 2.39. The molecule has 1 N–H and O–H groups in total. The molecule has 3 nitrogen and oxygen atoms in total. The van der Waals surface area contributed by atoms with E-state index < -0.39 is 0 Å². The van der Waals surface area contributed by atoms with Gasteiger partial charge in [0, 0.05) is 30.1 Å². The topological polar surface area (TPSA) is 32.7 Å². The number of phenols is 1. The van der Waals surface area contributed by atoms with E-state index in [9.17, 15) is 5.11 Å². The van der Waals surface area contributed by atoms with Crippen LogP contribution < -0.4 is 4.74 Å². The molecule has 1 aromatic carbocycles. The minimum absolute atomic E-state index is 0.186. The molecule has 1 saturated heterocycles. The minimum Gasteiger partial charge on any atom is -0.508 e. The van der Waals surface area contributed by atoms with Crippen molar-refractivity contribution in [2.24, 2.45) is 5.92 Å². The summed E-state index contributed by atoms with van der Waals surface area (Å²) in [6.07, 6.45) is 3.55. The average Bonchev–Trinajstić information content (AvgIpc) is 2.36. The van der Waals surface area contributed by atoms with E-state index in [4.69, 9.17) is 4.74 Å². The molecule has 2 heterocycles. The molecule has 3 atom stereocenters. The number of benzene rings is 1. The Morgan fingerprint density at radius 1 is 1.29 bits per heavy atom. The monoisotopic (exact) mass is 289 g/mol. The molecule has 0 bridgehead atoms. The van der Waals surface area contributed by atoms with Crippen LogP contribution in [-0.2, 0) is 0 Å². The van der Waals surface area contributed by atoms with Crippen molar-refractivity contribution in [3.05, 3.63) is 23.8 Å². The lowest BCUT2D eigenvalue weighted by Gasteiger charge is -2.47. The van der Waals surface area contributed by atoms with E-state index in [1.165, 1.54) is 18.4 Å². The molecular weight excluding hydrogens is 262 g/mol. The van der Waals surface area contributed by atoms with Gasteiger partial charge in [0.1, 0.15) is 17.1 Å². The Hall–Kier alpha value is -1.22. The van der Waals surface area contributed by atoms with Crippen LogP contribution in [0, 0.1) is 5.92 Å². The van der Waals surface area contributed by atoms with Crippen LogP contribution >= 0.6 is 0 Å².